The van der Waals surface area contributed by atoms with Crippen molar-refractivity contribution in [3.05, 3.63) is 64.7 Å². The summed E-state index contributed by atoms with van der Waals surface area (Å²) in [7, 11) is 0. The maximum Gasteiger partial charge on any atom is 0.125 e. The first-order chi connectivity index (χ1) is 10.6. The standard InChI is InChI=1S/C20H25NO/c1-15-12-18(20(3)10-7-11-21-20)13-16(2)19(15)22-14-17-8-5-4-6-9-17/h4-6,8-9,12-13,21H,7,10-11,14H2,1-3H3. The molecule has 0 spiro atoms. The van der Waals surface area contributed by atoms with Crippen molar-refractivity contribution in [2.24, 2.45) is 0 Å². The van der Waals surface area contributed by atoms with Gasteiger partial charge in [-0.3, -0.25) is 0 Å². The second kappa shape index (κ2) is 6.13. The Labute approximate surface area is 133 Å². The van der Waals surface area contributed by atoms with Gasteiger partial charge in [0.25, 0.3) is 0 Å². The minimum atomic E-state index is 0.119. The number of ether oxygens (including phenoxy) is 1. The van der Waals surface area contributed by atoms with Gasteiger partial charge in [0, 0.05) is 5.54 Å². The lowest BCUT2D eigenvalue weighted by molar-refractivity contribution is 0.301. The number of hydrogen-bond donors (Lipinski definition) is 1. The first-order valence-corrected chi connectivity index (χ1v) is 8.12. The van der Waals surface area contributed by atoms with Crippen LogP contribution in [0, 0.1) is 13.8 Å². The third kappa shape index (κ3) is 3.02. The first kappa shape index (κ1) is 15.1. The van der Waals surface area contributed by atoms with E-state index in [9.17, 15) is 0 Å². The third-order valence-corrected chi connectivity index (χ3v) is 4.69. The van der Waals surface area contributed by atoms with Crippen molar-refractivity contribution in [3.63, 3.8) is 0 Å². The van der Waals surface area contributed by atoms with Crippen LogP contribution >= 0.6 is 0 Å². The zero-order valence-corrected chi connectivity index (χ0v) is 13.8. The summed E-state index contributed by atoms with van der Waals surface area (Å²) in [4.78, 5) is 0. The van der Waals surface area contributed by atoms with Crippen LogP contribution in [0.3, 0.4) is 0 Å². The Morgan fingerprint density at radius 3 is 2.36 bits per heavy atom. The van der Waals surface area contributed by atoms with Crippen molar-refractivity contribution >= 4 is 0 Å². The van der Waals surface area contributed by atoms with Gasteiger partial charge in [0.1, 0.15) is 12.4 Å². The fourth-order valence-corrected chi connectivity index (χ4v) is 3.37. The quantitative estimate of drug-likeness (QED) is 0.898. The molecule has 3 rings (SSSR count). The van der Waals surface area contributed by atoms with E-state index in [0.29, 0.717) is 6.61 Å². The summed E-state index contributed by atoms with van der Waals surface area (Å²) in [5.41, 5.74) is 5.15. The summed E-state index contributed by atoms with van der Waals surface area (Å²) in [6.07, 6.45) is 2.46. The van der Waals surface area contributed by atoms with Crippen molar-refractivity contribution in [2.75, 3.05) is 6.54 Å². The Kier molecular flexibility index (Phi) is 4.21. The maximum atomic E-state index is 6.08. The van der Waals surface area contributed by atoms with E-state index in [1.807, 2.05) is 18.2 Å². The molecule has 0 radical (unpaired) electrons. The molecule has 116 valence electrons. The molecular weight excluding hydrogens is 270 g/mol. The molecule has 0 amide bonds. The molecule has 2 aromatic carbocycles. The van der Waals surface area contributed by atoms with Crippen molar-refractivity contribution in [1.82, 2.24) is 5.32 Å². The molecule has 1 unspecified atom stereocenters. The Morgan fingerprint density at radius 2 is 1.77 bits per heavy atom. The highest BCUT2D eigenvalue weighted by molar-refractivity contribution is 5.45. The molecule has 1 atom stereocenters. The number of hydrogen-bond acceptors (Lipinski definition) is 2. The van der Waals surface area contributed by atoms with Gasteiger partial charge in [-0.25, -0.2) is 0 Å². The Hall–Kier alpha value is -1.80. The Morgan fingerprint density at radius 1 is 1.09 bits per heavy atom. The number of nitrogens with one attached hydrogen (secondary N) is 1. The van der Waals surface area contributed by atoms with Crippen LogP contribution in [0.5, 0.6) is 5.75 Å². The normalized spacial score (nSPS) is 21.0. The molecule has 0 bridgehead atoms. The van der Waals surface area contributed by atoms with E-state index in [1.54, 1.807) is 0 Å². The largest absolute Gasteiger partial charge is 0.488 e. The molecule has 1 fully saturated rings. The lowest BCUT2D eigenvalue weighted by atomic mass is 9.88. The molecule has 2 nitrogen and oxygen atoms in total. The smallest absolute Gasteiger partial charge is 0.125 e. The predicted octanol–water partition coefficient (Wildman–Crippen LogP) is 4.48. The monoisotopic (exact) mass is 295 g/mol. The minimum Gasteiger partial charge on any atom is -0.488 e. The lowest BCUT2D eigenvalue weighted by Crippen LogP contribution is -2.33. The van der Waals surface area contributed by atoms with Crippen molar-refractivity contribution in [2.45, 2.75) is 45.8 Å². The highest BCUT2D eigenvalue weighted by Crippen LogP contribution is 2.35. The number of aryl methyl sites for hydroxylation is 2. The molecule has 22 heavy (non-hydrogen) atoms. The number of rotatable bonds is 4. The molecular formula is C20H25NO. The first-order valence-electron chi connectivity index (χ1n) is 8.12. The highest BCUT2D eigenvalue weighted by atomic mass is 16.5. The second-order valence-corrected chi connectivity index (χ2v) is 6.58. The minimum absolute atomic E-state index is 0.119. The van der Waals surface area contributed by atoms with Gasteiger partial charge >= 0.3 is 0 Å². The average molecular weight is 295 g/mol. The summed E-state index contributed by atoms with van der Waals surface area (Å²) in [5.74, 6) is 1.02. The van der Waals surface area contributed by atoms with Crippen molar-refractivity contribution < 1.29 is 4.74 Å². The molecule has 2 heteroatoms. The van der Waals surface area contributed by atoms with E-state index in [0.717, 1.165) is 12.3 Å². The molecule has 0 aliphatic carbocycles. The van der Waals surface area contributed by atoms with E-state index in [4.69, 9.17) is 4.74 Å². The molecule has 1 aliphatic rings. The van der Waals surface area contributed by atoms with E-state index in [2.05, 4.69) is 50.4 Å². The third-order valence-electron chi connectivity index (χ3n) is 4.69. The Bertz CT molecular complexity index is 619. The fraction of sp³-hybridized carbons (Fsp3) is 0.400. The van der Waals surface area contributed by atoms with Gasteiger partial charge in [-0.15, -0.1) is 0 Å². The summed E-state index contributed by atoms with van der Waals surface area (Å²) < 4.78 is 6.08. The van der Waals surface area contributed by atoms with E-state index in [-0.39, 0.29) is 5.54 Å². The van der Waals surface area contributed by atoms with Crippen molar-refractivity contribution in [3.8, 4) is 5.75 Å². The van der Waals surface area contributed by atoms with E-state index < -0.39 is 0 Å². The summed E-state index contributed by atoms with van der Waals surface area (Å²) in [6.45, 7) is 8.33. The summed E-state index contributed by atoms with van der Waals surface area (Å²) >= 11 is 0. The van der Waals surface area contributed by atoms with Crippen LogP contribution in [0.1, 0.15) is 42.0 Å². The van der Waals surface area contributed by atoms with Gasteiger partial charge in [0.15, 0.2) is 0 Å². The van der Waals surface area contributed by atoms with Crippen LogP contribution in [0.4, 0.5) is 0 Å². The molecule has 1 heterocycles. The second-order valence-electron chi connectivity index (χ2n) is 6.58. The molecule has 1 saturated heterocycles. The molecule has 1 N–H and O–H groups in total. The zero-order chi connectivity index (χ0) is 15.6. The van der Waals surface area contributed by atoms with Crippen LogP contribution in [-0.4, -0.2) is 6.54 Å². The van der Waals surface area contributed by atoms with Gasteiger partial charge in [-0.2, -0.15) is 0 Å². The van der Waals surface area contributed by atoms with E-state index >= 15 is 0 Å². The zero-order valence-electron chi connectivity index (χ0n) is 13.8. The van der Waals surface area contributed by atoms with Gasteiger partial charge in [-0.1, -0.05) is 42.5 Å². The summed E-state index contributed by atoms with van der Waals surface area (Å²) in [6, 6.07) is 14.9. The molecule has 0 saturated carbocycles. The topological polar surface area (TPSA) is 21.3 Å². The molecule has 0 aromatic heterocycles. The van der Waals surface area contributed by atoms with E-state index in [1.165, 1.54) is 35.1 Å². The van der Waals surface area contributed by atoms with Crippen LogP contribution < -0.4 is 10.1 Å². The van der Waals surface area contributed by atoms with Crippen LogP contribution in [-0.2, 0) is 12.1 Å². The van der Waals surface area contributed by atoms with Crippen LogP contribution in [0.2, 0.25) is 0 Å². The average Bonchev–Trinajstić information content (AvgIpc) is 2.95. The Balaban J connectivity index is 1.81. The van der Waals surface area contributed by atoms with Gasteiger partial charge in [0.2, 0.25) is 0 Å². The SMILES string of the molecule is Cc1cc(C2(C)CCCN2)cc(C)c1OCc1ccccc1. The van der Waals surface area contributed by atoms with Gasteiger partial charge < -0.3 is 10.1 Å². The van der Waals surface area contributed by atoms with Crippen LogP contribution in [0.25, 0.3) is 0 Å². The number of benzene rings is 2. The summed E-state index contributed by atoms with van der Waals surface area (Å²) in [5, 5.41) is 3.64. The highest BCUT2D eigenvalue weighted by Gasteiger charge is 2.30. The van der Waals surface area contributed by atoms with Crippen LogP contribution in [0.15, 0.2) is 42.5 Å². The maximum absolute atomic E-state index is 6.08. The fourth-order valence-electron chi connectivity index (χ4n) is 3.37. The van der Waals surface area contributed by atoms with Gasteiger partial charge in [-0.05, 0) is 62.4 Å². The predicted molar refractivity (Wildman–Crippen MR) is 91.3 cm³/mol. The van der Waals surface area contributed by atoms with Gasteiger partial charge in [0.05, 0.1) is 0 Å². The molecule has 2 aromatic rings. The van der Waals surface area contributed by atoms with Crippen molar-refractivity contribution in [1.29, 1.82) is 0 Å². The lowest BCUT2D eigenvalue weighted by Gasteiger charge is -2.27. The molecule has 1 aliphatic heterocycles.